The van der Waals surface area contributed by atoms with E-state index < -0.39 is 5.54 Å². The van der Waals surface area contributed by atoms with E-state index in [9.17, 15) is 4.79 Å². The number of carbonyl (C=O) groups excluding carboxylic acids is 1. The molecule has 0 unspecified atom stereocenters. The molecule has 126 valence electrons. The van der Waals surface area contributed by atoms with Crippen LogP contribution in [0.3, 0.4) is 0 Å². The summed E-state index contributed by atoms with van der Waals surface area (Å²) < 4.78 is 11.3. The highest BCUT2D eigenvalue weighted by Crippen LogP contribution is 2.44. The van der Waals surface area contributed by atoms with Crippen molar-refractivity contribution < 1.29 is 14.3 Å². The van der Waals surface area contributed by atoms with E-state index in [0.717, 1.165) is 42.3 Å². The molecule has 0 saturated carbocycles. The monoisotopic (exact) mass is 318 g/mol. The Labute approximate surface area is 137 Å². The number of carbonyl (C=O) groups is 1. The van der Waals surface area contributed by atoms with Gasteiger partial charge in [-0.05, 0) is 20.3 Å². The van der Waals surface area contributed by atoms with Crippen LogP contribution >= 0.6 is 0 Å². The van der Waals surface area contributed by atoms with Gasteiger partial charge in [0.25, 0.3) is 5.91 Å². The second kappa shape index (κ2) is 6.30. The maximum absolute atomic E-state index is 12.8. The molecule has 0 aliphatic carbocycles. The molecule has 2 aliphatic heterocycles. The molecule has 0 spiro atoms. The number of fused-ring (bicyclic) bond motifs is 2. The first kappa shape index (κ1) is 16.0. The zero-order chi connectivity index (χ0) is 16.4. The molecular weight excluding hydrogens is 292 g/mol. The summed E-state index contributed by atoms with van der Waals surface area (Å²) in [6, 6.07) is 3.89. The van der Waals surface area contributed by atoms with E-state index in [1.165, 1.54) is 12.8 Å². The van der Waals surface area contributed by atoms with Crippen molar-refractivity contribution in [2.45, 2.75) is 52.0 Å². The molecule has 3 rings (SSSR count). The molecule has 2 aliphatic rings. The first-order valence-electron chi connectivity index (χ1n) is 8.56. The van der Waals surface area contributed by atoms with Gasteiger partial charge in [0.05, 0.1) is 11.4 Å². The smallest absolute Gasteiger partial charge is 0.252 e. The average molecular weight is 318 g/mol. The van der Waals surface area contributed by atoms with Gasteiger partial charge in [0, 0.05) is 18.7 Å². The fourth-order valence-corrected chi connectivity index (χ4v) is 3.16. The van der Waals surface area contributed by atoms with Gasteiger partial charge in [-0.1, -0.05) is 26.2 Å². The van der Waals surface area contributed by atoms with Crippen molar-refractivity contribution in [3.8, 4) is 11.5 Å². The number of nitrogens with one attached hydrogen (secondary N) is 1. The van der Waals surface area contributed by atoms with Crippen molar-refractivity contribution in [2.24, 2.45) is 0 Å². The van der Waals surface area contributed by atoms with E-state index in [0.29, 0.717) is 13.2 Å². The summed E-state index contributed by atoms with van der Waals surface area (Å²) in [6.45, 7) is 7.90. The Hall–Kier alpha value is -1.91. The predicted octanol–water partition coefficient (Wildman–Crippen LogP) is 3.58. The van der Waals surface area contributed by atoms with E-state index in [1.807, 2.05) is 30.9 Å². The van der Waals surface area contributed by atoms with Crippen LogP contribution in [-0.2, 0) is 4.79 Å². The van der Waals surface area contributed by atoms with Crippen molar-refractivity contribution >= 4 is 17.3 Å². The number of hydrogen-bond acceptors (Lipinski definition) is 4. The first-order valence-corrected chi connectivity index (χ1v) is 8.56. The summed E-state index contributed by atoms with van der Waals surface area (Å²) in [4.78, 5) is 14.7. The Morgan fingerprint density at radius 2 is 1.83 bits per heavy atom. The summed E-state index contributed by atoms with van der Waals surface area (Å²) in [6.07, 6.45) is 4.56. The quantitative estimate of drug-likeness (QED) is 0.843. The molecule has 2 heterocycles. The minimum atomic E-state index is -0.610. The maximum Gasteiger partial charge on any atom is 0.252 e. The molecule has 0 aromatic heterocycles. The maximum atomic E-state index is 12.8. The standard InChI is InChI=1S/C18H26N2O3/c1-4-5-6-7-8-20-14-12-16-15(22-9-10-23-16)11-13(14)19-18(2,3)17(20)21/h11-12,19H,4-10H2,1-3H3. The fourth-order valence-electron chi connectivity index (χ4n) is 3.16. The van der Waals surface area contributed by atoms with Gasteiger partial charge >= 0.3 is 0 Å². The minimum absolute atomic E-state index is 0.109. The Bertz CT molecular complexity index is 598. The van der Waals surface area contributed by atoms with Gasteiger partial charge in [-0.25, -0.2) is 0 Å². The lowest BCUT2D eigenvalue weighted by Crippen LogP contribution is -2.54. The summed E-state index contributed by atoms with van der Waals surface area (Å²) in [5, 5.41) is 3.34. The molecule has 0 saturated heterocycles. The van der Waals surface area contributed by atoms with Crippen molar-refractivity contribution in [2.75, 3.05) is 30.0 Å². The lowest BCUT2D eigenvalue weighted by molar-refractivity contribution is -0.122. The van der Waals surface area contributed by atoms with E-state index >= 15 is 0 Å². The highest BCUT2D eigenvalue weighted by Gasteiger charge is 2.39. The van der Waals surface area contributed by atoms with Gasteiger partial charge in [0.1, 0.15) is 18.8 Å². The molecule has 0 radical (unpaired) electrons. The van der Waals surface area contributed by atoms with Crippen LogP contribution in [0.5, 0.6) is 11.5 Å². The second-order valence-electron chi connectivity index (χ2n) is 6.78. The van der Waals surface area contributed by atoms with Crippen molar-refractivity contribution in [1.82, 2.24) is 0 Å². The third-order valence-corrected chi connectivity index (χ3v) is 4.41. The SMILES string of the molecule is CCCCCCN1C(=O)C(C)(C)Nc2cc3c(cc21)OCCO3. The van der Waals surface area contributed by atoms with E-state index in [2.05, 4.69) is 12.2 Å². The third kappa shape index (κ3) is 3.09. The number of anilines is 2. The highest BCUT2D eigenvalue weighted by atomic mass is 16.6. The minimum Gasteiger partial charge on any atom is -0.486 e. The van der Waals surface area contributed by atoms with Gasteiger partial charge in [-0.3, -0.25) is 4.79 Å². The number of hydrogen-bond donors (Lipinski definition) is 1. The molecular formula is C18H26N2O3. The Kier molecular flexibility index (Phi) is 4.37. The van der Waals surface area contributed by atoms with Crippen molar-refractivity contribution in [3.05, 3.63) is 12.1 Å². The van der Waals surface area contributed by atoms with Crippen LogP contribution in [0.1, 0.15) is 46.5 Å². The van der Waals surface area contributed by atoms with Crippen LogP contribution in [0.2, 0.25) is 0 Å². The van der Waals surface area contributed by atoms with Gasteiger partial charge < -0.3 is 19.7 Å². The zero-order valence-corrected chi connectivity index (χ0v) is 14.3. The highest BCUT2D eigenvalue weighted by molar-refractivity contribution is 6.07. The molecule has 1 aromatic rings. The average Bonchev–Trinajstić information content (AvgIpc) is 2.53. The van der Waals surface area contributed by atoms with Crippen LogP contribution < -0.4 is 19.7 Å². The van der Waals surface area contributed by atoms with Gasteiger partial charge in [-0.2, -0.15) is 0 Å². The summed E-state index contributed by atoms with van der Waals surface area (Å²) in [5.41, 5.74) is 1.23. The van der Waals surface area contributed by atoms with Crippen LogP contribution in [-0.4, -0.2) is 31.2 Å². The molecule has 5 heteroatoms. The number of amides is 1. The fraction of sp³-hybridized carbons (Fsp3) is 0.611. The molecule has 1 N–H and O–H groups in total. The van der Waals surface area contributed by atoms with Crippen LogP contribution in [0.15, 0.2) is 12.1 Å². The van der Waals surface area contributed by atoms with E-state index in [1.54, 1.807) is 0 Å². The normalized spacial score (nSPS) is 18.4. The Balaban J connectivity index is 1.90. The molecule has 0 atom stereocenters. The third-order valence-electron chi connectivity index (χ3n) is 4.41. The molecule has 1 amide bonds. The van der Waals surface area contributed by atoms with Gasteiger partial charge in [0.2, 0.25) is 0 Å². The topological polar surface area (TPSA) is 50.8 Å². The molecule has 5 nitrogen and oxygen atoms in total. The lowest BCUT2D eigenvalue weighted by Gasteiger charge is -2.40. The van der Waals surface area contributed by atoms with E-state index in [4.69, 9.17) is 9.47 Å². The predicted molar refractivity (Wildman–Crippen MR) is 91.6 cm³/mol. The number of benzene rings is 1. The number of nitrogens with zero attached hydrogens (tertiary/aromatic N) is 1. The van der Waals surface area contributed by atoms with Crippen LogP contribution in [0.4, 0.5) is 11.4 Å². The number of unbranched alkanes of at least 4 members (excludes halogenated alkanes) is 3. The number of rotatable bonds is 5. The van der Waals surface area contributed by atoms with Crippen molar-refractivity contribution in [1.29, 1.82) is 0 Å². The molecule has 23 heavy (non-hydrogen) atoms. The zero-order valence-electron chi connectivity index (χ0n) is 14.3. The van der Waals surface area contributed by atoms with E-state index in [-0.39, 0.29) is 5.91 Å². The summed E-state index contributed by atoms with van der Waals surface area (Å²) in [7, 11) is 0. The number of ether oxygens (including phenoxy) is 2. The van der Waals surface area contributed by atoms with Crippen LogP contribution in [0.25, 0.3) is 0 Å². The largest absolute Gasteiger partial charge is 0.486 e. The van der Waals surface area contributed by atoms with Gasteiger partial charge in [-0.15, -0.1) is 0 Å². The van der Waals surface area contributed by atoms with Gasteiger partial charge in [0.15, 0.2) is 11.5 Å². The Morgan fingerprint density at radius 1 is 1.13 bits per heavy atom. The second-order valence-corrected chi connectivity index (χ2v) is 6.78. The van der Waals surface area contributed by atoms with Crippen LogP contribution in [0, 0.1) is 0 Å². The first-order chi connectivity index (χ1) is 11.0. The molecule has 0 bridgehead atoms. The van der Waals surface area contributed by atoms with Crippen molar-refractivity contribution in [3.63, 3.8) is 0 Å². The molecule has 1 aromatic carbocycles. The molecule has 0 fully saturated rings. The summed E-state index contributed by atoms with van der Waals surface area (Å²) >= 11 is 0. The Morgan fingerprint density at radius 3 is 2.52 bits per heavy atom. The summed E-state index contributed by atoms with van der Waals surface area (Å²) in [5.74, 6) is 1.58. The lowest BCUT2D eigenvalue weighted by atomic mass is 9.97.